The van der Waals surface area contributed by atoms with Crippen LogP contribution in [0.5, 0.6) is 0 Å². The van der Waals surface area contributed by atoms with Gasteiger partial charge in [-0.05, 0) is 19.3 Å². The molecule has 0 aliphatic carbocycles. The van der Waals surface area contributed by atoms with Crippen molar-refractivity contribution in [1.82, 2.24) is 10.3 Å². The van der Waals surface area contributed by atoms with Crippen LogP contribution in [0.15, 0.2) is 0 Å². The van der Waals surface area contributed by atoms with Crippen molar-refractivity contribution in [3.8, 4) is 0 Å². The molecule has 1 heterocycles. The van der Waals surface area contributed by atoms with Crippen molar-refractivity contribution in [1.29, 1.82) is 0 Å². The summed E-state index contributed by atoms with van der Waals surface area (Å²) in [7, 11) is 2.15. The molecule has 0 bridgehead atoms. The molecule has 0 aromatic carbocycles. The van der Waals surface area contributed by atoms with Gasteiger partial charge in [-0.25, -0.2) is 4.98 Å². The molecule has 1 aromatic heterocycles. The van der Waals surface area contributed by atoms with Crippen LogP contribution >= 0.6 is 11.3 Å². The van der Waals surface area contributed by atoms with E-state index in [4.69, 9.17) is 4.98 Å². The van der Waals surface area contributed by atoms with Gasteiger partial charge in [0.1, 0.15) is 0 Å². The van der Waals surface area contributed by atoms with E-state index in [9.17, 15) is 0 Å². The summed E-state index contributed by atoms with van der Waals surface area (Å²) in [6, 6.07) is 1.05. The van der Waals surface area contributed by atoms with Crippen molar-refractivity contribution in [2.75, 3.05) is 11.9 Å². The van der Waals surface area contributed by atoms with Crippen LogP contribution in [-0.4, -0.2) is 24.1 Å². The van der Waals surface area contributed by atoms with Crippen molar-refractivity contribution in [2.45, 2.75) is 72.5 Å². The molecule has 3 nitrogen and oxygen atoms in total. The zero-order valence-electron chi connectivity index (χ0n) is 13.4. The molecule has 110 valence electrons. The van der Waals surface area contributed by atoms with Crippen LogP contribution < -0.4 is 10.2 Å². The zero-order chi connectivity index (χ0) is 14.6. The van der Waals surface area contributed by atoms with Gasteiger partial charge in [0.2, 0.25) is 0 Å². The van der Waals surface area contributed by atoms with Crippen LogP contribution in [0.3, 0.4) is 0 Å². The Hall–Kier alpha value is -0.610. The second-order valence-electron chi connectivity index (χ2n) is 5.86. The lowest BCUT2D eigenvalue weighted by Crippen LogP contribution is -2.27. The molecule has 0 radical (unpaired) electrons. The predicted octanol–water partition coefficient (Wildman–Crippen LogP) is 4.00. The lowest BCUT2D eigenvalue weighted by molar-refractivity contribution is 0.588. The maximum Gasteiger partial charge on any atom is 0.185 e. The molecule has 0 saturated heterocycles. The van der Waals surface area contributed by atoms with Gasteiger partial charge in [0, 0.05) is 30.6 Å². The minimum absolute atomic E-state index is 0.485. The third kappa shape index (κ3) is 4.46. The van der Waals surface area contributed by atoms with Crippen LogP contribution in [0.1, 0.15) is 64.5 Å². The van der Waals surface area contributed by atoms with Crippen LogP contribution in [0.4, 0.5) is 5.13 Å². The molecule has 0 aliphatic rings. The third-order valence-corrected chi connectivity index (χ3v) is 4.65. The second kappa shape index (κ2) is 7.25. The van der Waals surface area contributed by atoms with Gasteiger partial charge in [-0.3, -0.25) is 0 Å². The number of thiazole rings is 1. The molecule has 4 heteroatoms. The minimum Gasteiger partial charge on any atom is -0.348 e. The largest absolute Gasteiger partial charge is 0.348 e. The van der Waals surface area contributed by atoms with Crippen molar-refractivity contribution < 1.29 is 0 Å². The van der Waals surface area contributed by atoms with E-state index in [1.54, 1.807) is 0 Å². The maximum atomic E-state index is 4.86. The van der Waals surface area contributed by atoms with E-state index in [0.717, 1.165) is 18.1 Å². The smallest absolute Gasteiger partial charge is 0.185 e. The van der Waals surface area contributed by atoms with E-state index >= 15 is 0 Å². The lowest BCUT2D eigenvalue weighted by atomic mass is 10.1. The minimum atomic E-state index is 0.485. The molecule has 1 unspecified atom stereocenters. The summed E-state index contributed by atoms with van der Waals surface area (Å²) in [4.78, 5) is 8.55. The summed E-state index contributed by atoms with van der Waals surface area (Å²) in [6.07, 6.45) is 1.15. The van der Waals surface area contributed by atoms with E-state index in [1.165, 1.54) is 10.6 Å². The quantitative estimate of drug-likeness (QED) is 0.820. The Morgan fingerprint density at radius 3 is 2.32 bits per heavy atom. The fourth-order valence-corrected chi connectivity index (χ4v) is 3.07. The number of nitrogens with zero attached hydrogens (tertiary/aromatic N) is 2. The molecule has 1 atom stereocenters. The number of rotatable bonds is 7. The number of hydrogen-bond acceptors (Lipinski definition) is 4. The highest BCUT2D eigenvalue weighted by Gasteiger charge is 2.18. The van der Waals surface area contributed by atoms with E-state index in [0.29, 0.717) is 18.0 Å². The van der Waals surface area contributed by atoms with Crippen LogP contribution in [0.25, 0.3) is 0 Å². The fourth-order valence-electron chi connectivity index (χ4n) is 1.84. The average Bonchev–Trinajstić information content (AvgIpc) is 2.78. The van der Waals surface area contributed by atoms with E-state index in [2.05, 4.69) is 58.8 Å². The standard InChI is InChI=1S/C15H29N3S/c1-8-12(6)18(7)15-17-14(10(2)3)13(19-15)9-16-11(4)5/h10-12,16H,8-9H2,1-7H3. The molecule has 1 aromatic rings. The predicted molar refractivity (Wildman–Crippen MR) is 86.3 cm³/mol. The Kier molecular flexibility index (Phi) is 6.27. The van der Waals surface area contributed by atoms with Gasteiger partial charge < -0.3 is 10.2 Å². The molecular formula is C15H29N3S. The summed E-state index contributed by atoms with van der Waals surface area (Å²) in [5, 5.41) is 4.66. The van der Waals surface area contributed by atoms with Crippen LogP contribution in [0.2, 0.25) is 0 Å². The first kappa shape index (κ1) is 16.4. The van der Waals surface area contributed by atoms with Crippen molar-refractivity contribution >= 4 is 16.5 Å². The van der Waals surface area contributed by atoms with Gasteiger partial charge in [0.25, 0.3) is 0 Å². The Labute approximate surface area is 122 Å². The topological polar surface area (TPSA) is 28.2 Å². The zero-order valence-corrected chi connectivity index (χ0v) is 14.3. The van der Waals surface area contributed by atoms with E-state index in [1.807, 2.05) is 11.3 Å². The highest BCUT2D eigenvalue weighted by Crippen LogP contribution is 2.31. The lowest BCUT2D eigenvalue weighted by Gasteiger charge is -2.22. The Morgan fingerprint density at radius 1 is 1.21 bits per heavy atom. The van der Waals surface area contributed by atoms with Crippen molar-refractivity contribution in [3.05, 3.63) is 10.6 Å². The number of hydrogen-bond donors (Lipinski definition) is 1. The van der Waals surface area contributed by atoms with Gasteiger partial charge in [-0.1, -0.05) is 34.6 Å². The van der Waals surface area contributed by atoms with Gasteiger partial charge in [0.05, 0.1) is 5.69 Å². The Morgan fingerprint density at radius 2 is 1.84 bits per heavy atom. The van der Waals surface area contributed by atoms with E-state index in [-0.39, 0.29) is 0 Å². The molecule has 0 saturated carbocycles. The highest BCUT2D eigenvalue weighted by atomic mass is 32.1. The maximum absolute atomic E-state index is 4.86. The number of anilines is 1. The van der Waals surface area contributed by atoms with Crippen LogP contribution in [-0.2, 0) is 6.54 Å². The van der Waals surface area contributed by atoms with Gasteiger partial charge in [-0.15, -0.1) is 11.3 Å². The third-order valence-electron chi connectivity index (χ3n) is 3.49. The van der Waals surface area contributed by atoms with E-state index < -0.39 is 0 Å². The van der Waals surface area contributed by atoms with Crippen LogP contribution in [0, 0.1) is 0 Å². The first-order valence-corrected chi connectivity index (χ1v) is 8.14. The number of aromatic nitrogens is 1. The SMILES string of the molecule is CCC(C)N(C)c1nc(C(C)C)c(CNC(C)C)s1. The van der Waals surface area contributed by atoms with Gasteiger partial charge in [-0.2, -0.15) is 0 Å². The van der Waals surface area contributed by atoms with Crippen molar-refractivity contribution in [2.24, 2.45) is 0 Å². The molecule has 1 rings (SSSR count). The molecule has 0 fully saturated rings. The Balaban J connectivity index is 2.93. The second-order valence-corrected chi connectivity index (χ2v) is 6.93. The monoisotopic (exact) mass is 283 g/mol. The summed E-state index contributed by atoms with van der Waals surface area (Å²) < 4.78 is 0. The molecule has 1 N–H and O–H groups in total. The fraction of sp³-hybridized carbons (Fsp3) is 0.800. The summed E-state index contributed by atoms with van der Waals surface area (Å²) >= 11 is 1.83. The summed E-state index contributed by atoms with van der Waals surface area (Å²) in [5.74, 6) is 0.485. The van der Waals surface area contributed by atoms with Gasteiger partial charge >= 0.3 is 0 Å². The Bertz CT molecular complexity index is 385. The normalized spacial score (nSPS) is 13.3. The molecule has 0 aliphatic heterocycles. The first-order valence-electron chi connectivity index (χ1n) is 7.32. The molecular weight excluding hydrogens is 254 g/mol. The molecule has 0 spiro atoms. The number of nitrogens with one attached hydrogen (secondary N) is 1. The first-order chi connectivity index (χ1) is 8.86. The summed E-state index contributed by atoms with van der Waals surface area (Å²) in [6.45, 7) is 14.2. The molecule has 19 heavy (non-hydrogen) atoms. The highest BCUT2D eigenvalue weighted by molar-refractivity contribution is 7.15. The van der Waals surface area contributed by atoms with Crippen molar-refractivity contribution in [3.63, 3.8) is 0 Å². The van der Waals surface area contributed by atoms with Gasteiger partial charge in [0.15, 0.2) is 5.13 Å². The molecule has 0 amide bonds. The average molecular weight is 283 g/mol. The summed E-state index contributed by atoms with van der Waals surface area (Å²) in [5.41, 5.74) is 1.25.